The van der Waals surface area contributed by atoms with Gasteiger partial charge in [0.2, 0.25) is 0 Å². The fourth-order valence-corrected chi connectivity index (χ4v) is 1.93. The molecule has 1 heterocycles. The van der Waals surface area contributed by atoms with Crippen LogP contribution in [0.3, 0.4) is 0 Å². The minimum Gasteiger partial charge on any atom is -0.478 e. The maximum atomic E-state index is 13.1. The molecule has 0 fully saturated rings. The Balaban J connectivity index is 2.76. The molecule has 0 amide bonds. The number of hydrogen-bond donors (Lipinski definition) is 1. The van der Waals surface area contributed by atoms with Gasteiger partial charge in [0, 0.05) is 0 Å². The molecule has 106 valence electrons. The van der Waals surface area contributed by atoms with Gasteiger partial charge in [-0.3, -0.25) is 0 Å². The number of aromatic nitrogens is 2. The maximum Gasteiger partial charge on any atom is 0.434 e. The second kappa shape index (κ2) is 4.66. The average molecular weight is 284 g/mol. The zero-order chi connectivity index (χ0) is 15.1. The lowest BCUT2D eigenvalue weighted by Crippen LogP contribution is -2.18. The van der Waals surface area contributed by atoms with Gasteiger partial charge in [0.1, 0.15) is 5.56 Å². The number of benzene rings is 1. The third-order valence-electron chi connectivity index (χ3n) is 3.07. The van der Waals surface area contributed by atoms with E-state index in [4.69, 9.17) is 5.11 Å². The molecule has 4 nitrogen and oxygen atoms in total. The zero-order valence-electron chi connectivity index (χ0n) is 10.7. The van der Waals surface area contributed by atoms with Gasteiger partial charge >= 0.3 is 12.1 Å². The summed E-state index contributed by atoms with van der Waals surface area (Å²) in [5.74, 6) is -1.66. The molecule has 0 radical (unpaired) electrons. The predicted octanol–water partition coefficient (Wildman–Crippen LogP) is 3.21. The van der Waals surface area contributed by atoms with Gasteiger partial charge in [-0.1, -0.05) is 12.1 Å². The van der Waals surface area contributed by atoms with E-state index in [0.717, 1.165) is 5.56 Å². The highest BCUT2D eigenvalue weighted by molar-refractivity contribution is 5.89. The minimum atomic E-state index is -4.81. The smallest absolute Gasteiger partial charge is 0.434 e. The summed E-state index contributed by atoms with van der Waals surface area (Å²) in [7, 11) is 0. The van der Waals surface area contributed by atoms with Crippen molar-refractivity contribution in [3.63, 3.8) is 0 Å². The molecule has 1 N–H and O–H groups in total. The van der Waals surface area contributed by atoms with Crippen LogP contribution in [0.2, 0.25) is 0 Å². The van der Waals surface area contributed by atoms with Gasteiger partial charge in [0.05, 0.1) is 11.9 Å². The quantitative estimate of drug-likeness (QED) is 0.921. The summed E-state index contributed by atoms with van der Waals surface area (Å²) >= 11 is 0. The molecule has 2 aromatic rings. The SMILES string of the molecule is Cc1cccc(-n2ncc(C(=O)O)c2C(F)(F)F)c1C. The summed E-state index contributed by atoms with van der Waals surface area (Å²) in [6, 6.07) is 4.82. The van der Waals surface area contributed by atoms with Gasteiger partial charge in [-0.25, -0.2) is 9.48 Å². The number of aryl methyl sites for hydroxylation is 1. The van der Waals surface area contributed by atoms with Crippen LogP contribution in [0, 0.1) is 13.8 Å². The van der Waals surface area contributed by atoms with Crippen LogP contribution in [-0.2, 0) is 6.18 Å². The van der Waals surface area contributed by atoms with Crippen LogP contribution in [0.5, 0.6) is 0 Å². The molecule has 20 heavy (non-hydrogen) atoms. The van der Waals surface area contributed by atoms with E-state index in [0.29, 0.717) is 16.4 Å². The molecule has 0 aliphatic rings. The van der Waals surface area contributed by atoms with Gasteiger partial charge < -0.3 is 5.11 Å². The first-order valence-electron chi connectivity index (χ1n) is 5.68. The Labute approximate surface area is 112 Å². The maximum absolute atomic E-state index is 13.1. The van der Waals surface area contributed by atoms with Gasteiger partial charge in [-0.2, -0.15) is 18.3 Å². The number of carboxylic acids is 1. The van der Waals surface area contributed by atoms with Crippen molar-refractivity contribution in [2.24, 2.45) is 0 Å². The van der Waals surface area contributed by atoms with E-state index in [2.05, 4.69) is 5.10 Å². The second-order valence-electron chi connectivity index (χ2n) is 4.34. The van der Waals surface area contributed by atoms with Gasteiger partial charge in [-0.05, 0) is 31.0 Å². The number of rotatable bonds is 2. The number of alkyl halides is 3. The number of aromatic carboxylic acids is 1. The lowest BCUT2D eigenvalue weighted by molar-refractivity contribution is -0.143. The zero-order valence-corrected chi connectivity index (χ0v) is 10.7. The topological polar surface area (TPSA) is 55.1 Å². The van der Waals surface area contributed by atoms with E-state index in [1.807, 2.05) is 0 Å². The Morgan fingerprint density at radius 2 is 1.95 bits per heavy atom. The van der Waals surface area contributed by atoms with Crippen LogP contribution in [0.15, 0.2) is 24.4 Å². The molecular formula is C13H11F3N2O2. The molecule has 1 aromatic carbocycles. The van der Waals surface area contributed by atoms with Gasteiger partial charge in [0.25, 0.3) is 0 Å². The molecule has 0 aliphatic carbocycles. The van der Waals surface area contributed by atoms with Crippen molar-refractivity contribution in [3.05, 3.63) is 46.8 Å². The summed E-state index contributed by atoms with van der Waals surface area (Å²) in [5, 5.41) is 12.5. The van der Waals surface area contributed by atoms with E-state index in [1.165, 1.54) is 6.07 Å². The molecule has 7 heteroatoms. The lowest BCUT2D eigenvalue weighted by atomic mass is 10.1. The van der Waals surface area contributed by atoms with Crippen LogP contribution in [0.4, 0.5) is 13.2 Å². The third kappa shape index (κ3) is 2.26. The second-order valence-corrected chi connectivity index (χ2v) is 4.34. The van der Waals surface area contributed by atoms with Crippen molar-refractivity contribution in [2.75, 3.05) is 0 Å². The monoisotopic (exact) mass is 284 g/mol. The Bertz CT molecular complexity index is 675. The molecule has 0 aliphatic heterocycles. The largest absolute Gasteiger partial charge is 0.478 e. The first-order chi connectivity index (χ1) is 9.23. The summed E-state index contributed by atoms with van der Waals surface area (Å²) in [6.07, 6.45) is -4.09. The highest BCUT2D eigenvalue weighted by Crippen LogP contribution is 2.34. The Morgan fingerprint density at radius 1 is 1.30 bits per heavy atom. The van der Waals surface area contributed by atoms with Crippen molar-refractivity contribution in [3.8, 4) is 5.69 Å². The molecule has 0 saturated carbocycles. The fraction of sp³-hybridized carbons (Fsp3) is 0.231. The van der Waals surface area contributed by atoms with Gasteiger partial charge in [-0.15, -0.1) is 0 Å². The van der Waals surface area contributed by atoms with E-state index < -0.39 is 23.4 Å². The van der Waals surface area contributed by atoms with Crippen molar-refractivity contribution < 1.29 is 23.1 Å². The van der Waals surface area contributed by atoms with Crippen LogP contribution < -0.4 is 0 Å². The fourth-order valence-electron chi connectivity index (χ4n) is 1.93. The first-order valence-corrected chi connectivity index (χ1v) is 5.68. The van der Waals surface area contributed by atoms with Crippen LogP contribution in [0.25, 0.3) is 5.69 Å². The summed E-state index contributed by atoms with van der Waals surface area (Å²) in [6.45, 7) is 3.42. The minimum absolute atomic E-state index is 0.213. The van der Waals surface area contributed by atoms with Crippen molar-refractivity contribution in [1.82, 2.24) is 9.78 Å². The number of nitrogens with zero attached hydrogens (tertiary/aromatic N) is 2. The molecular weight excluding hydrogens is 273 g/mol. The third-order valence-corrected chi connectivity index (χ3v) is 3.07. The van der Waals surface area contributed by atoms with Crippen molar-refractivity contribution in [2.45, 2.75) is 20.0 Å². The highest BCUT2D eigenvalue weighted by Gasteiger charge is 2.40. The summed E-state index contributed by atoms with van der Waals surface area (Å²) in [4.78, 5) is 10.9. The average Bonchev–Trinajstić information content (AvgIpc) is 2.77. The van der Waals surface area contributed by atoms with Crippen LogP contribution in [0.1, 0.15) is 27.2 Å². The van der Waals surface area contributed by atoms with Crippen molar-refractivity contribution in [1.29, 1.82) is 0 Å². The number of halogens is 3. The van der Waals surface area contributed by atoms with E-state index in [-0.39, 0.29) is 5.69 Å². The molecule has 2 rings (SSSR count). The Hall–Kier alpha value is -2.31. The highest BCUT2D eigenvalue weighted by atomic mass is 19.4. The standard InChI is InChI=1S/C13H11F3N2O2/c1-7-4-3-5-10(8(7)2)18-11(13(14,15)16)9(6-17-18)12(19)20/h3-6H,1-2H3,(H,19,20). The number of carbonyl (C=O) groups is 1. The normalized spacial score (nSPS) is 11.7. The van der Waals surface area contributed by atoms with E-state index in [9.17, 15) is 18.0 Å². The molecule has 0 saturated heterocycles. The lowest BCUT2D eigenvalue weighted by Gasteiger charge is -2.14. The number of carboxylic acid groups (broad SMARTS) is 1. The van der Waals surface area contributed by atoms with Crippen molar-refractivity contribution >= 4 is 5.97 Å². The molecule has 0 atom stereocenters. The van der Waals surface area contributed by atoms with Gasteiger partial charge in [0.15, 0.2) is 5.69 Å². The van der Waals surface area contributed by atoms with Crippen LogP contribution >= 0.6 is 0 Å². The summed E-state index contributed by atoms with van der Waals surface area (Å²) in [5.41, 5.74) is -0.525. The summed E-state index contributed by atoms with van der Waals surface area (Å²) < 4.78 is 39.9. The van der Waals surface area contributed by atoms with Crippen LogP contribution in [-0.4, -0.2) is 20.9 Å². The molecule has 0 spiro atoms. The molecule has 1 aromatic heterocycles. The molecule has 0 unspecified atom stereocenters. The number of hydrogen-bond acceptors (Lipinski definition) is 2. The Kier molecular flexibility index (Phi) is 3.29. The van der Waals surface area contributed by atoms with E-state index in [1.54, 1.807) is 26.0 Å². The Morgan fingerprint density at radius 3 is 2.50 bits per heavy atom. The first kappa shape index (κ1) is 14.1. The predicted molar refractivity (Wildman–Crippen MR) is 65.0 cm³/mol. The van der Waals surface area contributed by atoms with E-state index >= 15 is 0 Å². The molecule has 0 bridgehead atoms.